The first-order valence-corrected chi connectivity index (χ1v) is 9.08. The molecule has 128 valence electrons. The highest BCUT2D eigenvalue weighted by molar-refractivity contribution is 7.15. The first-order chi connectivity index (χ1) is 11.8. The molecule has 2 aliphatic heterocycles. The smallest absolute Gasteiger partial charge is 0.208 e. The third-order valence-electron chi connectivity index (χ3n) is 4.36. The molecule has 0 unspecified atom stereocenters. The van der Waals surface area contributed by atoms with Crippen molar-refractivity contribution in [3.05, 3.63) is 17.1 Å². The van der Waals surface area contributed by atoms with Crippen LogP contribution in [0.1, 0.15) is 5.01 Å². The average molecular weight is 347 g/mol. The number of rotatable bonds is 3. The molecule has 2 aliphatic rings. The fourth-order valence-corrected chi connectivity index (χ4v) is 3.73. The van der Waals surface area contributed by atoms with Crippen LogP contribution in [0.4, 0.5) is 16.8 Å². The lowest BCUT2D eigenvalue weighted by molar-refractivity contribution is 0.122. The Morgan fingerprint density at radius 2 is 1.38 bits per heavy atom. The standard InChI is InChI=1S/C15H21N7OS/c1-12-16-19-15(24-12)22-6-4-20(5-7-22)13-2-3-14(18-17-13)21-8-10-23-11-9-21/h2-3H,4-11H2,1H3. The summed E-state index contributed by atoms with van der Waals surface area (Å²) in [6.07, 6.45) is 0. The Morgan fingerprint density at radius 3 is 1.92 bits per heavy atom. The SMILES string of the molecule is Cc1nnc(N2CCN(c3ccc(N4CCOCC4)nn3)CC2)s1. The van der Waals surface area contributed by atoms with E-state index in [0.29, 0.717) is 0 Å². The van der Waals surface area contributed by atoms with Crippen LogP contribution >= 0.6 is 11.3 Å². The lowest BCUT2D eigenvalue weighted by Gasteiger charge is -2.35. The second kappa shape index (κ2) is 6.86. The first kappa shape index (κ1) is 15.5. The minimum atomic E-state index is 0.760. The summed E-state index contributed by atoms with van der Waals surface area (Å²) in [6, 6.07) is 4.14. The summed E-state index contributed by atoms with van der Waals surface area (Å²) >= 11 is 1.65. The van der Waals surface area contributed by atoms with E-state index < -0.39 is 0 Å². The van der Waals surface area contributed by atoms with Crippen LogP contribution in [0.3, 0.4) is 0 Å². The van der Waals surface area contributed by atoms with Gasteiger partial charge in [-0.05, 0) is 19.1 Å². The van der Waals surface area contributed by atoms with Gasteiger partial charge in [-0.3, -0.25) is 0 Å². The van der Waals surface area contributed by atoms with Gasteiger partial charge in [0, 0.05) is 39.3 Å². The quantitative estimate of drug-likeness (QED) is 0.807. The molecule has 9 heteroatoms. The largest absolute Gasteiger partial charge is 0.378 e. The third kappa shape index (κ3) is 3.27. The molecule has 0 aromatic carbocycles. The summed E-state index contributed by atoms with van der Waals surface area (Å²) in [5.74, 6) is 1.88. The van der Waals surface area contributed by atoms with Gasteiger partial charge < -0.3 is 19.4 Å². The summed E-state index contributed by atoms with van der Waals surface area (Å²) in [7, 11) is 0. The van der Waals surface area contributed by atoms with Crippen molar-refractivity contribution in [1.82, 2.24) is 20.4 Å². The number of piperazine rings is 1. The predicted octanol–water partition coefficient (Wildman–Crippen LogP) is 0.800. The highest BCUT2D eigenvalue weighted by Crippen LogP contribution is 2.23. The van der Waals surface area contributed by atoms with Crippen molar-refractivity contribution in [3.63, 3.8) is 0 Å². The Kier molecular flexibility index (Phi) is 4.44. The third-order valence-corrected chi connectivity index (χ3v) is 5.26. The van der Waals surface area contributed by atoms with Crippen LogP contribution in [0.15, 0.2) is 12.1 Å². The maximum atomic E-state index is 5.38. The topological polar surface area (TPSA) is 70.5 Å². The zero-order chi connectivity index (χ0) is 16.4. The van der Waals surface area contributed by atoms with Crippen LogP contribution in [0.2, 0.25) is 0 Å². The van der Waals surface area contributed by atoms with Crippen LogP contribution in [-0.2, 0) is 4.74 Å². The van der Waals surface area contributed by atoms with Gasteiger partial charge in [0.1, 0.15) is 5.01 Å². The van der Waals surface area contributed by atoms with E-state index in [0.717, 1.165) is 74.3 Å². The number of anilines is 3. The lowest BCUT2D eigenvalue weighted by Crippen LogP contribution is -2.47. The summed E-state index contributed by atoms with van der Waals surface area (Å²) in [6.45, 7) is 8.98. The molecule has 4 heterocycles. The number of aryl methyl sites for hydroxylation is 1. The molecule has 8 nitrogen and oxygen atoms in total. The van der Waals surface area contributed by atoms with Gasteiger partial charge in [-0.25, -0.2) is 0 Å². The molecule has 0 amide bonds. The van der Waals surface area contributed by atoms with Crippen LogP contribution in [0.25, 0.3) is 0 Å². The highest BCUT2D eigenvalue weighted by atomic mass is 32.1. The van der Waals surface area contributed by atoms with Crippen LogP contribution in [0, 0.1) is 6.92 Å². The minimum absolute atomic E-state index is 0.760. The molecule has 0 N–H and O–H groups in total. The Balaban J connectivity index is 1.37. The van der Waals surface area contributed by atoms with E-state index in [4.69, 9.17) is 4.74 Å². The van der Waals surface area contributed by atoms with Crippen LogP contribution < -0.4 is 14.7 Å². The molecule has 0 radical (unpaired) electrons. The van der Waals surface area contributed by atoms with E-state index >= 15 is 0 Å². The second-order valence-corrected chi connectivity index (χ2v) is 7.09. The van der Waals surface area contributed by atoms with Gasteiger partial charge >= 0.3 is 0 Å². The number of nitrogens with zero attached hydrogens (tertiary/aromatic N) is 7. The normalized spacial score (nSPS) is 19.0. The van der Waals surface area contributed by atoms with E-state index in [1.54, 1.807) is 11.3 Å². The molecule has 2 aromatic rings. The van der Waals surface area contributed by atoms with Crippen molar-refractivity contribution in [2.75, 3.05) is 67.2 Å². The Labute approximate surface area is 145 Å². The number of ether oxygens (including phenoxy) is 1. The van der Waals surface area contributed by atoms with Gasteiger partial charge in [0.15, 0.2) is 11.6 Å². The van der Waals surface area contributed by atoms with Crippen molar-refractivity contribution >= 4 is 28.1 Å². The molecule has 2 fully saturated rings. The lowest BCUT2D eigenvalue weighted by atomic mass is 10.3. The first-order valence-electron chi connectivity index (χ1n) is 8.26. The Bertz CT molecular complexity index is 663. The molecule has 0 bridgehead atoms. The number of aromatic nitrogens is 4. The summed E-state index contributed by atoms with van der Waals surface area (Å²) < 4.78 is 5.38. The van der Waals surface area contributed by atoms with Crippen molar-refractivity contribution in [2.24, 2.45) is 0 Å². The van der Waals surface area contributed by atoms with Crippen molar-refractivity contribution in [1.29, 1.82) is 0 Å². The van der Waals surface area contributed by atoms with Gasteiger partial charge in [0.05, 0.1) is 13.2 Å². The van der Waals surface area contributed by atoms with Crippen molar-refractivity contribution in [2.45, 2.75) is 6.92 Å². The van der Waals surface area contributed by atoms with E-state index in [2.05, 4.69) is 47.2 Å². The summed E-state index contributed by atoms with van der Waals surface area (Å²) in [5.41, 5.74) is 0. The van der Waals surface area contributed by atoms with Crippen molar-refractivity contribution in [3.8, 4) is 0 Å². The zero-order valence-corrected chi connectivity index (χ0v) is 14.6. The van der Waals surface area contributed by atoms with Gasteiger partial charge in [0.2, 0.25) is 5.13 Å². The maximum Gasteiger partial charge on any atom is 0.208 e. The van der Waals surface area contributed by atoms with E-state index in [9.17, 15) is 0 Å². The van der Waals surface area contributed by atoms with Crippen molar-refractivity contribution < 1.29 is 4.74 Å². The molecule has 0 atom stereocenters. The predicted molar refractivity (Wildman–Crippen MR) is 94.1 cm³/mol. The van der Waals surface area contributed by atoms with E-state index in [1.165, 1.54) is 0 Å². The molecule has 24 heavy (non-hydrogen) atoms. The van der Waals surface area contributed by atoms with Crippen LogP contribution in [-0.4, -0.2) is 72.9 Å². The number of morpholine rings is 1. The minimum Gasteiger partial charge on any atom is -0.378 e. The monoisotopic (exact) mass is 347 g/mol. The van der Waals surface area contributed by atoms with Gasteiger partial charge in [-0.2, -0.15) is 0 Å². The van der Waals surface area contributed by atoms with E-state index in [1.807, 2.05) is 6.92 Å². The Hall–Kier alpha value is -2.00. The summed E-state index contributed by atoms with van der Waals surface area (Å²) in [4.78, 5) is 6.78. The molecular formula is C15H21N7OS. The maximum absolute atomic E-state index is 5.38. The molecule has 0 aliphatic carbocycles. The molecule has 0 spiro atoms. The molecule has 4 rings (SSSR count). The summed E-state index contributed by atoms with van der Waals surface area (Å²) in [5, 5.41) is 19.2. The van der Waals surface area contributed by atoms with Crippen LogP contribution in [0.5, 0.6) is 0 Å². The number of hydrogen-bond donors (Lipinski definition) is 0. The average Bonchev–Trinajstić information content (AvgIpc) is 3.09. The fourth-order valence-electron chi connectivity index (χ4n) is 2.99. The van der Waals surface area contributed by atoms with Gasteiger partial charge in [0.25, 0.3) is 0 Å². The van der Waals surface area contributed by atoms with E-state index in [-0.39, 0.29) is 0 Å². The molecular weight excluding hydrogens is 326 g/mol. The zero-order valence-electron chi connectivity index (χ0n) is 13.8. The Morgan fingerprint density at radius 1 is 0.792 bits per heavy atom. The second-order valence-electron chi connectivity index (χ2n) is 5.93. The fraction of sp³-hybridized carbons (Fsp3) is 0.600. The van der Waals surface area contributed by atoms with Gasteiger partial charge in [-0.15, -0.1) is 20.4 Å². The molecule has 2 aromatic heterocycles. The number of hydrogen-bond acceptors (Lipinski definition) is 9. The molecule has 0 saturated carbocycles. The van der Waals surface area contributed by atoms with Gasteiger partial charge in [-0.1, -0.05) is 11.3 Å². The highest BCUT2D eigenvalue weighted by Gasteiger charge is 2.21. The molecule has 2 saturated heterocycles.